The Bertz CT molecular complexity index is 3850. The Hall–Kier alpha value is -7.67. The van der Waals surface area contributed by atoms with E-state index in [1.807, 2.05) is 29.7 Å². The van der Waals surface area contributed by atoms with Gasteiger partial charge in [-0.15, -0.1) is 11.3 Å². The number of thiophene rings is 1. The van der Waals surface area contributed by atoms with Gasteiger partial charge in [0.15, 0.2) is 0 Å². The molecule has 0 saturated heterocycles. The third kappa shape index (κ3) is 4.87. The number of furan rings is 1. The van der Waals surface area contributed by atoms with E-state index in [0.717, 1.165) is 83.2 Å². The minimum atomic E-state index is 0.789. The fourth-order valence-electron chi connectivity index (χ4n) is 9.22. The number of aromatic nitrogens is 3. The molecule has 0 fully saturated rings. The molecule has 5 aromatic heterocycles. The number of nitrogens with zero attached hydrogens (tertiary/aromatic N) is 3. The molecular formula is C53H31N3O2S. The summed E-state index contributed by atoms with van der Waals surface area (Å²) < 4.78 is 20.1. The van der Waals surface area contributed by atoms with Crippen molar-refractivity contribution in [2.75, 3.05) is 0 Å². The van der Waals surface area contributed by atoms with Crippen molar-refractivity contribution < 1.29 is 9.15 Å². The second-order valence-corrected chi connectivity index (χ2v) is 16.2. The Balaban J connectivity index is 0.900. The van der Waals surface area contributed by atoms with E-state index in [1.54, 1.807) is 0 Å². The van der Waals surface area contributed by atoms with Crippen LogP contribution in [0.25, 0.3) is 108 Å². The van der Waals surface area contributed by atoms with Crippen molar-refractivity contribution in [3.8, 4) is 34.0 Å². The van der Waals surface area contributed by atoms with Crippen LogP contribution in [0.4, 0.5) is 0 Å². The molecule has 59 heavy (non-hydrogen) atoms. The molecule has 276 valence electrons. The summed E-state index contributed by atoms with van der Waals surface area (Å²) in [5, 5.41) is 8.05. The zero-order valence-electron chi connectivity index (χ0n) is 31.5. The van der Waals surface area contributed by atoms with Gasteiger partial charge in [0.2, 0.25) is 0 Å². The maximum Gasteiger partial charge on any atom is 0.135 e. The zero-order chi connectivity index (χ0) is 38.6. The zero-order valence-corrected chi connectivity index (χ0v) is 32.3. The van der Waals surface area contributed by atoms with Gasteiger partial charge in [-0.05, 0) is 103 Å². The van der Waals surface area contributed by atoms with E-state index < -0.39 is 0 Å². The highest BCUT2D eigenvalue weighted by atomic mass is 32.1. The van der Waals surface area contributed by atoms with Gasteiger partial charge in [0.25, 0.3) is 0 Å². The van der Waals surface area contributed by atoms with Crippen LogP contribution in [0.3, 0.4) is 0 Å². The van der Waals surface area contributed by atoms with Gasteiger partial charge in [-0.3, -0.25) is 4.98 Å². The third-order valence-corrected chi connectivity index (χ3v) is 13.0. The summed E-state index contributed by atoms with van der Waals surface area (Å²) in [5.41, 5.74) is 11.9. The second kappa shape index (κ2) is 12.4. The lowest BCUT2D eigenvalue weighted by Gasteiger charge is -2.11. The van der Waals surface area contributed by atoms with E-state index in [9.17, 15) is 0 Å². The smallest absolute Gasteiger partial charge is 0.135 e. The summed E-state index contributed by atoms with van der Waals surface area (Å²) >= 11 is 1.81. The number of pyridine rings is 1. The highest BCUT2D eigenvalue weighted by Gasteiger charge is 2.18. The lowest BCUT2D eigenvalue weighted by Crippen LogP contribution is -1.94. The molecule has 0 atom stereocenters. The fourth-order valence-corrected chi connectivity index (χ4v) is 10.4. The minimum Gasteiger partial charge on any atom is -0.457 e. The first-order valence-corrected chi connectivity index (χ1v) is 20.6. The van der Waals surface area contributed by atoms with E-state index in [1.165, 1.54) is 36.7 Å². The van der Waals surface area contributed by atoms with Crippen molar-refractivity contribution in [2.45, 2.75) is 0 Å². The van der Waals surface area contributed by atoms with Crippen LogP contribution in [0.15, 0.2) is 193 Å². The van der Waals surface area contributed by atoms with Gasteiger partial charge in [-0.2, -0.15) is 0 Å². The van der Waals surface area contributed by atoms with Gasteiger partial charge in [-0.25, -0.2) is 0 Å². The molecule has 0 amide bonds. The fraction of sp³-hybridized carbons (Fsp3) is 0. The molecule has 8 aromatic carbocycles. The maximum absolute atomic E-state index is 6.72. The van der Waals surface area contributed by atoms with Crippen LogP contribution in [-0.2, 0) is 0 Å². The van der Waals surface area contributed by atoms with Crippen LogP contribution >= 0.6 is 11.3 Å². The molecule has 0 aliphatic rings. The monoisotopic (exact) mass is 773 g/mol. The minimum absolute atomic E-state index is 0.789. The molecule has 0 radical (unpaired) electrons. The summed E-state index contributed by atoms with van der Waals surface area (Å²) in [6, 6.07) is 64.3. The van der Waals surface area contributed by atoms with Crippen LogP contribution in [0, 0.1) is 0 Å². The number of fused-ring (bicyclic) bond motifs is 12. The van der Waals surface area contributed by atoms with Crippen molar-refractivity contribution in [3.63, 3.8) is 0 Å². The van der Waals surface area contributed by atoms with Crippen molar-refractivity contribution in [3.05, 3.63) is 188 Å². The van der Waals surface area contributed by atoms with Gasteiger partial charge in [0.05, 0.1) is 32.3 Å². The molecule has 0 saturated carbocycles. The van der Waals surface area contributed by atoms with Gasteiger partial charge < -0.3 is 18.3 Å². The first-order chi connectivity index (χ1) is 29.2. The van der Waals surface area contributed by atoms with Crippen LogP contribution in [-0.4, -0.2) is 14.1 Å². The molecule has 0 aliphatic heterocycles. The molecule has 5 heterocycles. The molecule has 6 heteroatoms. The van der Waals surface area contributed by atoms with Crippen LogP contribution in [0.2, 0.25) is 0 Å². The van der Waals surface area contributed by atoms with Gasteiger partial charge in [0.1, 0.15) is 22.7 Å². The predicted octanol–water partition coefficient (Wildman–Crippen LogP) is 15.0. The number of benzene rings is 8. The maximum atomic E-state index is 6.72. The first kappa shape index (κ1) is 32.4. The molecule has 0 spiro atoms. The Morgan fingerprint density at radius 2 is 1.05 bits per heavy atom. The molecular weight excluding hydrogens is 743 g/mol. The van der Waals surface area contributed by atoms with Crippen molar-refractivity contribution in [1.82, 2.24) is 14.1 Å². The van der Waals surface area contributed by atoms with E-state index in [2.05, 4.69) is 179 Å². The average Bonchev–Trinajstić information content (AvgIpc) is 4.04. The summed E-state index contributed by atoms with van der Waals surface area (Å²) in [5.74, 6) is 1.58. The standard InChI is InChI=1S/C53H31N3O2S/c1-5-16-45-38(12-1)42-30-35(21-23-47(42)55(45)33-11-9-10-32(28-33)37-26-27-54-52-41-15-4-8-19-51(41)59-53(37)52)57-36-22-24-48-43(31-36)39-13-2-6-17-46(39)56(48)34-20-25-50-44(29-34)40-14-3-7-18-49(40)58-50/h1-31H. The molecule has 5 nitrogen and oxygen atoms in total. The molecule has 0 aliphatic carbocycles. The number of hydrogen-bond donors (Lipinski definition) is 0. The molecule has 0 unspecified atom stereocenters. The molecule has 0 bridgehead atoms. The summed E-state index contributed by atoms with van der Waals surface area (Å²) in [6.45, 7) is 0. The van der Waals surface area contributed by atoms with Crippen LogP contribution in [0.5, 0.6) is 11.5 Å². The number of para-hydroxylation sites is 3. The van der Waals surface area contributed by atoms with E-state index >= 15 is 0 Å². The predicted molar refractivity (Wildman–Crippen MR) is 245 cm³/mol. The molecule has 13 aromatic rings. The Morgan fingerprint density at radius 1 is 0.441 bits per heavy atom. The third-order valence-electron chi connectivity index (χ3n) is 11.8. The number of hydrogen-bond acceptors (Lipinski definition) is 4. The SMILES string of the molecule is c1cc(-c2ccnc3c2sc2ccccc23)cc(-n2c3ccccc3c3cc(Oc4ccc5c(c4)c4ccccc4n5-c4ccc5oc6ccccc6c5c4)ccc32)c1. The van der Waals surface area contributed by atoms with Crippen LogP contribution < -0.4 is 4.74 Å². The lowest BCUT2D eigenvalue weighted by atomic mass is 10.0. The topological polar surface area (TPSA) is 45.1 Å². The van der Waals surface area contributed by atoms with Gasteiger partial charge >= 0.3 is 0 Å². The van der Waals surface area contributed by atoms with Crippen molar-refractivity contribution in [1.29, 1.82) is 0 Å². The van der Waals surface area contributed by atoms with Gasteiger partial charge in [-0.1, -0.05) is 84.9 Å². The Labute approximate surface area is 341 Å². The van der Waals surface area contributed by atoms with Gasteiger partial charge in [0, 0.05) is 65.5 Å². The highest BCUT2D eigenvalue weighted by molar-refractivity contribution is 7.26. The van der Waals surface area contributed by atoms with E-state index in [0.29, 0.717) is 0 Å². The average molecular weight is 774 g/mol. The lowest BCUT2D eigenvalue weighted by molar-refractivity contribution is 0.484. The number of ether oxygens (including phenoxy) is 1. The summed E-state index contributed by atoms with van der Waals surface area (Å²) in [6.07, 6.45) is 1.93. The molecule has 0 N–H and O–H groups in total. The number of rotatable bonds is 5. The van der Waals surface area contributed by atoms with Crippen molar-refractivity contribution in [2.24, 2.45) is 0 Å². The molecule has 13 rings (SSSR count). The second-order valence-electron chi connectivity index (χ2n) is 15.1. The van der Waals surface area contributed by atoms with Crippen LogP contribution in [0.1, 0.15) is 0 Å². The summed E-state index contributed by atoms with van der Waals surface area (Å²) in [4.78, 5) is 4.79. The highest BCUT2D eigenvalue weighted by Crippen LogP contribution is 2.42. The van der Waals surface area contributed by atoms with E-state index in [-0.39, 0.29) is 0 Å². The summed E-state index contributed by atoms with van der Waals surface area (Å²) in [7, 11) is 0. The quantitative estimate of drug-likeness (QED) is 0.175. The largest absolute Gasteiger partial charge is 0.457 e. The normalized spacial score (nSPS) is 12.1. The van der Waals surface area contributed by atoms with Crippen molar-refractivity contribution >= 4 is 97.2 Å². The Morgan fingerprint density at radius 3 is 1.80 bits per heavy atom. The Kier molecular flexibility index (Phi) is 6.82. The first-order valence-electron chi connectivity index (χ1n) is 19.8. The van der Waals surface area contributed by atoms with E-state index in [4.69, 9.17) is 14.1 Å².